The van der Waals surface area contributed by atoms with E-state index in [-0.39, 0.29) is 6.04 Å². The Morgan fingerprint density at radius 2 is 1.85 bits per heavy atom. The van der Waals surface area contributed by atoms with Gasteiger partial charge >= 0.3 is 11.8 Å². The number of benzene rings is 2. The summed E-state index contributed by atoms with van der Waals surface area (Å²) < 4.78 is 15.7. The van der Waals surface area contributed by atoms with E-state index in [0.29, 0.717) is 13.1 Å². The summed E-state index contributed by atoms with van der Waals surface area (Å²) in [5.41, 5.74) is 1.17. The highest BCUT2D eigenvalue weighted by atomic mass is 32.2. The summed E-state index contributed by atoms with van der Waals surface area (Å²) in [5, 5.41) is 7.39. The first-order chi connectivity index (χ1) is 12.6. The number of aryl methyl sites for hydroxylation is 1. The fraction of sp³-hybridized carbons (Fsp3) is 0.368. The molecule has 6 nitrogen and oxygen atoms in total. The van der Waals surface area contributed by atoms with Gasteiger partial charge in [-0.3, -0.25) is 9.59 Å². The van der Waals surface area contributed by atoms with Gasteiger partial charge in [0.1, 0.15) is 11.0 Å². The number of rotatable bonds is 7. The molecule has 1 unspecified atom stereocenters. The van der Waals surface area contributed by atoms with Gasteiger partial charge in [0, 0.05) is 19.1 Å². The van der Waals surface area contributed by atoms with Crippen LogP contribution in [0.4, 0.5) is 0 Å². The summed E-state index contributed by atoms with van der Waals surface area (Å²) >= 11 is 0. The Hall–Kier alpha value is -2.25. The van der Waals surface area contributed by atoms with Crippen molar-refractivity contribution in [2.24, 2.45) is 0 Å². The van der Waals surface area contributed by atoms with Crippen molar-refractivity contribution < 1.29 is 13.8 Å². The Bertz CT molecular complexity index is 853. The van der Waals surface area contributed by atoms with E-state index < -0.39 is 22.8 Å². The number of piperazine rings is 1. The number of carbonyl (C=O) groups is 2. The Balaban J connectivity index is 1.47. The summed E-state index contributed by atoms with van der Waals surface area (Å²) in [6.07, 6.45) is 2.50. The van der Waals surface area contributed by atoms with E-state index in [2.05, 4.69) is 28.3 Å². The number of nitrogens with one attached hydrogen (secondary N) is 3. The molecule has 0 bridgehead atoms. The second kappa shape index (κ2) is 8.42. The lowest BCUT2D eigenvalue weighted by Gasteiger charge is -2.23. The molecule has 26 heavy (non-hydrogen) atoms. The Labute approximate surface area is 155 Å². The van der Waals surface area contributed by atoms with Gasteiger partial charge in [-0.1, -0.05) is 36.8 Å². The van der Waals surface area contributed by atoms with Gasteiger partial charge in [0.2, 0.25) is 0 Å². The molecule has 0 aromatic heterocycles. The lowest BCUT2D eigenvalue weighted by Crippen LogP contribution is -2.55. The maximum Gasteiger partial charge on any atom is 0.309 e. The maximum absolute atomic E-state index is 12.6. The minimum Gasteiger partial charge on any atom is -0.346 e. The predicted molar refractivity (Wildman–Crippen MR) is 102 cm³/mol. The summed E-state index contributed by atoms with van der Waals surface area (Å²) in [6, 6.07) is 11.9. The Kier molecular flexibility index (Phi) is 6.00. The third-order valence-corrected chi connectivity index (χ3v) is 5.78. The molecule has 0 saturated carbocycles. The second-order valence-electron chi connectivity index (χ2n) is 6.47. The number of carbonyl (C=O) groups excluding carboxylic acids is 2. The molecular weight excluding hydrogens is 350 g/mol. The molecule has 7 heteroatoms. The van der Waals surface area contributed by atoms with Gasteiger partial charge in [-0.2, -0.15) is 0 Å². The third kappa shape index (κ3) is 4.28. The zero-order valence-corrected chi connectivity index (χ0v) is 15.5. The normalized spacial score (nSPS) is 18.4. The van der Waals surface area contributed by atoms with E-state index in [1.165, 1.54) is 5.56 Å². The molecule has 0 radical (unpaired) electrons. The average molecular weight is 373 g/mol. The average Bonchev–Trinajstić information content (AvgIpc) is 2.64. The number of hydrogen-bond donors (Lipinski definition) is 3. The topological polar surface area (TPSA) is 87.3 Å². The maximum atomic E-state index is 12.6. The van der Waals surface area contributed by atoms with Crippen molar-refractivity contribution in [3.63, 3.8) is 0 Å². The highest BCUT2D eigenvalue weighted by Crippen LogP contribution is 2.23. The zero-order valence-electron chi connectivity index (χ0n) is 14.7. The van der Waals surface area contributed by atoms with Crippen LogP contribution in [0.3, 0.4) is 0 Å². The van der Waals surface area contributed by atoms with Crippen LogP contribution in [0.2, 0.25) is 0 Å². The van der Waals surface area contributed by atoms with Gasteiger partial charge in [-0.15, -0.1) is 0 Å². The molecule has 0 spiro atoms. The van der Waals surface area contributed by atoms with Crippen LogP contribution >= 0.6 is 0 Å². The molecule has 0 aliphatic carbocycles. The molecular formula is C19H23N3O3S. The molecule has 1 aliphatic heterocycles. The molecule has 1 saturated heterocycles. The predicted octanol–water partition coefficient (Wildman–Crippen LogP) is 1.55. The first-order valence-electron chi connectivity index (χ1n) is 8.78. The minimum atomic E-state index is -1.26. The second-order valence-corrected chi connectivity index (χ2v) is 7.73. The smallest absolute Gasteiger partial charge is 0.309 e. The standard InChI is InChI=1S/C19H23N3O3S/c1-13-6-4-9-16-15(13)8-5-10-17(16)26(25)21-11-3-2-7-14-12-20-18(23)19(24)22-14/h4-6,8-10,14,21H,2-3,7,11-12H2,1H3,(H,20,23)(H,22,24)/t14-,26?/m0/s1. The van der Waals surface area contributed by atoms with Crippen LogP contribution in [0.1, 0.15) is 24.8 Å². The fourth-order valence-electron chi connectivity index (χ4n) is 3.13. The van der Waals surface area contributed by atoms with Crippen LogP contribution < -0.4 is 15.4 Å². The van der Waals surface area contributed by atoms with Crippen molar-refractivity contribution in [2.75, 3.05) is 13.1 Å². The lowest BCUT2D eigenvalue weighted by atomic mass is 10.1. The largest absolute Gasteiger partial charge is 0.346 e. The van der Waals surface area contributed by atoms with Crippen molar-refractivity contribution in [1.82, 2.24) is 15.4 Å². The fourth-order valence-corrected chi connectivity index (χ4v) is 4.20. The van der Waals surface area contributed by atoms with Crippen LogP contribution in [-0.4, -0.2) is 35.2 Å². The third-order valence-electron chi connectivity index (χ3n) is 4.56. The van der Waals surface area contributed by atoms with Crippen molar-refractivity contribution in [2.45, 2.75) is 37.1 Å². The van der Waals surface area contributed by atoms with E-state index in [9.17, 15) is 13.8 Å². The van der Waals surface area contributed by atoms with Gasteiger partial charge < -0.3 is 10.6 Å². The monoisotopic (exact) mass is 373 g/mol. The SMILES string of the molecule is Cc1cccc2c(S(=O)NCCCC[C@H]3CNC(=O)C(=O)N3)cccc12. The molecule has 3 N–H and O–H groups in total. The Morgan fingerprint density at radius 3 is 2.65 bits per heavy atom. The van der Waals surface area contributed by atoms with E-state index in [0.717, 1.165) is 34.9 Å². The molecule has 2 atom stereocenters. The summed E-state index contributed by atoms with van der Waals surface area (Å²) in [5.74, 6) is -1.13. The van der Waals surface area contributed by atoms with E-state index in [4.69, 9.17) is 0 Å². The van der Waals surface area contributed by atoms with Gasteiger partial charge in [0.25, 0.3) is 0 Å². The first kappa shape index (κ1) is 18.5. The van der Waals surface area contributed by atoms with E-state index in [1.807, 2.05) is 30.3 Å². The molecule has 2 amide bonds. The van der Waals surface area contributed by atoms with Crippen LogP contribution in [0.25, 0.3) is 10.8 Å². The van der Waals surface area contributed by atoms with E-state index in [1.54, 1.807) is 0 Å². The van der Waals surface area contributed by atoms with Crippen LogP contribution in [0.5, 0.6) is 0 Å². The van der Waals surface area contributed by atoms with E-state index >= 15 is 0 Å². The van der Waals surface area contributed by atoms with Gasteiger partial charge in [0.15, 0.2) is 0 Å². The van der Waals surface area contributed by atoms with Crippen LogP contribution in [-0.2, 0) is 20.6 Å². The van der Waals surface area contributed by atoms with Gasteiger partial charge in [0.05, 0.1) is 4.90 Å². The van der Waals surface area contributed by atoms with Crippen LogP contribution in [0.15, 0.2) is 41.3 Å². The Morgan fingerprint density at radius 1 is 1.08 bits per heavy atom. The molecule has 2 aromatic rings. The molecule has 2 aromatic carbocycles. The lowest BCUT2D eigenvalue weighted by molar-refractivity contribution is -0.141. The van der Waals surface area contributed by atoms with Crippen molar-refractivity contribution >= 4 is 33.6 Å². The summed E-state index contributed by atoms with van der Waals surface area (Å²) in [6.45, 7) is 3.15. The van der Waals surface area contributed by atoms with Gasteiger partial charge in [-0.05, 0) is 42.2 Å². The van der Waals surface area contributed by atoms with Crippen LogP contribution in [0, 0.1) is 6.92 Å². The number of unbranched alkanes of at least 4 members (excludes halogenated alkanes) is 1. The highest BCUT2D eigenvalue weighted by molar-refractivity contribution is 7.83. The minimum absolute atomic E-state index is 0.0215. The number of amides is 2. The van der Waals surface area contributed by atoms with Crippen molar-refractivity contribution in [3.05, 3.63) is 42.0 Å². The molecule has 3 rings (SSSR count). The first-order valence-corrected chi connectivity index (χ1v) is 9.93. The highest BCUT2D eigenvalue weighted by Gasteiger charge is 2.24. The summed E-state index contributed by atoms with van der Waals surface area (Å²) in [7, 11) is -1.26. The number of hydrogen-bond acceptors (Lipinski definition) is 3. The molecule has 1 heterocycles. The molecule has 138 valence electrons. The zero-order chi connectivity index (χ0) is 18.5. The molecule has 1 aliphatic rings. The van der Waals surface area contributed by atoms with Crippen molar-refractivity contribution in [1.29, 1.82) is 0 Å². The van der Waals surface area contributed by atoms with Crippen molar-refractivity contribution in [3.8, 4) is 0 Å². The molecule has 1 fully saturated rings. The number of fused-ring (bicyclic) bond motifs is 1. The summed E-state index contributed by atoms with van der Waals surface area (Å²) in [4.78, 5) is 23.2. The quantitative estimate of drug-likeness (QED) is 0.508. The van der Waals surface area contributed by atoms with Gasteiger partial charge in [-0.25, -0.2) is 8.93 Å².